The minimum Gasteiger partial charge on any atom is -0.367 e. The zero-order chi connectivity index (χ0) is 12.4. The van der Waals surface area contributed by atoms with Gasteiger partial charge in [0.25, 0.3) is 0 Å². The first-order valence-corrected chi connectivity index (χ1v) is 7.45. The van der Waals surface area contributed by atoms with Crippen LogP contribution in [0.15, 0.2) is 41.6 Å². The maximum absolute atomic E-state index is 5.95. The van der Waals surface area contributed by atoms with E-state index in [9.17, 15) is 0 Å². The summed E-state index contributed by atoms with van der Waals surface area (Å²) in [5.41, 5.74) is 10.1. The number of nitrogens with one attached hydrogen (secondary N) is 1. The summed E-state index contributed by atoms with van der Waals surface area (Å²) in [6, 6.07) is 8.98. The molecule has 1 aliphatic rings. The molecule has 94 valence electrons. The van der Waals surface area contributed by atoms with Crippen LogP contribution in [0.2, 0.25) is 0 Å². The van der Waals surface area contributed by atoms with Gasteiger partial charge in [-0.2, -0.15) is 0 Å². The molecule has 1 aromatic carbocycles. The number of hydrogen-bond acceptors (Lipinski definition) is 2. The Balaban J connectivity index is 1.95. The number of aromatic amines is 1. The lowest BCUT2D eigenvalue weighted by Crippen LogP contribution is -2.14. The molecule has 2 nitrogen and oxygen atoms in total. The molecule has 1 aliphatic heterocycles. The minimum absolute atomic E-state index is 0.313. The average Bonchev–Trinajstić information content (AvgIpc) is 2.93. The summed E-state index contributed by atoms with van der Waals surface area (Å²) in [5.74, 6) is 1.57. The summed E-state index contributed by atoms with van der Waals surface area (Å²) in [6.45, 7) is 0.657. The summed E-state index contributed by atoms with van der Waals surface area (Å²) in [5, 5.41) is 0. The van der Waals surface area contributed by atoms with Crippen molar-refractivity contribution in [2.24, 2.45) is 5.73 Å². The molecule has 0 aliphatic carbocycles. The number of benzene rings is 1. The van der Waals surface area contributed by atoms with E-state index in [4.69, 9.17) is 5.73 Å². The maximum Gasteiger partial charge on any atom is 0.0227 e. The normalized spacial score (nSPS) is 16.3. The molecule has 0 fully saturated rings. The SMILES string of the molecule is NCC(c1cc[nH]c1)c1ccc2c(c1)CCCS2. The summed E-state index contributed by atoms with van der Waals surface area (Å²) < 4.78 is 0. The van der Waals surface area contributed by atoms with Crippen LogP contribution in [0.25, 0.3) is 0 Å². The Labute approximate surface area is 112 Å². The number of rotatable bonds is 3. The van der Waals surface area contributed by atoms with Crippen LogP contribution in [0, 0.1) is 0 Å². The van der Waals surface area contributed by atoms with Gasteiger partial charge < -0.3 is 10.7 Å². The third-order valence-electron chi connectivity index (χ3n) is 3.60. The molecule has 1 atom stereocenters. The van der Waals surface area contributed by atoms with E-state index in [2.05, 4.69) is 29.2 Å². The fraction of sp³-hybridized carbons (Fsp3) is 0.333. The van der Waals surface area contributed by atoms with Gasteiger partial charge >= 0.3 is 0 Å². The van der Waals surface area contributed by atoms with Crippen LogP contribution in [0.3, 0.4) is 0 Å². The number of thioether (sulfide) groups is 1. The van der Waals surface area contributed by atoms with Gasteiger partial charge in [-0.25, -0.2) is 0 Å². The van der Waals surface area contributed by atoms with Crippen molar-refractivity contribution in [2.75, 3.05) is 12.3 Å². The van der Waals surface area contributed by atoms with Gasteiger partial charge in [0.05, 0.1) is 0 Å². The molecule has 0 saturated carbocycles. The lowest BCUT2D eigenvalue weighted by Gasteiger charge is -2.19. The van der Waals surface area contributed by atoms with Gasteiger partial charge in [-0.05, 0) is 47.4 Å². The third-order valence-corrected chi connectivity index (χ3v) is 4.80. The second kappa shape index (κ2) is 5.21. The number of aromatic nitrogens is 1. The quantitative estimate of drug-likeness (QED) is 0.888. The summed E-state index contributed by atoms with van der Waals surface area (Å²) in [4.78, 5) is 4.57. The Kier molecular flexibility index (Phi) is 3.43. The topological polar surface area (TPSA) is 41.8 Å². The molecular weight excluding hydrogens is 240 g/mol. The van der Waals surface area contributed by atoms with Gasteiger partial charge in [0.2, 0.25) is 0 Å². The zero-order valence-electron chi connectivity index (χ0n) is 10.4. The van der Waals surface area contributed by atoms with E-state index in [-0.39, 0.29) is 0 Å². The molecule has 2 heterocycles. The number of fused-ring (bicyclic) bond motifs is 1. The van der Waals surface area contributed by atoms with Crippen molar-refractivity contribution in [2.45, 2.75) is 23.7 Å². The molecule has 3 N–H and O–H groups in total. The fourth-order valence-corrected chi connectivity index (χ4v) is 3.63. The van der Waals surface area contributed by atoms with Gasteiger partial charge in [-0.3, -0.25) is 0 Å². The van der Waals surface area contributed by atoms with Crippen molar-refractivity contribution in [1.29, 1.82) is 0 Å². The number of hydrogen-bond donors (Lipinski definition) is 2. The van der Waals surface area contributed by atoms with Crippen molar-refractivity contribution in [3.8, 4) is 0 Å². The predicted octanol–water partition coefficient (Wildman–Crippen LogP) is 3.14. The summed E-state index contributed by atoms with van der Waals surface area (Å²) in [6.07, 6.45) is 6.51. The molecule has 18 heavy (non-hydrogen) atoms. The summed E-state index contributed by atoms with van der Waals surface area (Å²) in [7, 11) is 0. The molecule has 0 spiro atoms. The first kappa shape index (κ1) is 11.9. The van der Waals surface area contributed by atoms with Crippen LogP contribution < -0.4 is 5.73 Å². The van der Waals surface area contributed by atoms with Crippen LogP contribution in [0.5, 0.6) is 0 Å². The molecular formula is C15H18N2S. The Bertz CT molecular complexity index is 519. The number of H-pyrrole nitrogens is 1. The molecule has 3 rings (SSSR count). The van der Waals surface area contributed by atoms with E-state index >= 15 is 0 Å². The highest BCUT2D eigenvalue weighted by atomic mass is 32.2. The van der Waals surface area contributed by atoms with Crippen LogP contribution in [0.4, 0.5) is 0 Å². The van der Waals surface area contributed by atoms with E-state index in [1.807, 2.05) is 24.2 Å². The Morgan fingerprint density at radius 1 is 1.28 bits per heavy atom. The number of nitrogens with two attached hydrogens (primary N) is 1. The van der Waals surface area contributed by atoms with E-state index in [1.165, 1.54) is 40.2 Å². The average molecular weight is 258 g/mol. The molecule has 0 radical (unpaired) electrons. The maximum atomic E-state index is 5.95. The van der Waals surface area contributed by atoms with Gasteiger partial charge in [-0.1, -0.05) is 12.1 Å². The molecule has 1 unspecified atom stereocenters. The van der Waals surface area contributed by atoms with Gasteiger partial charge in [-0.15, -0.1) is 11.8 Å². The fourth-order valence-electron chi connectivity index (χ4n) is 2.62. The van der Waals surface area contributed by atoms with E-state index in [1.54, 1.807) is 0 Å². The van der Waals surface area contributed by atoms with E-state index in [0.29, 0.717) is 12.5 Å². The first-order chi connectivity index (χ1) is 8.88. The van der Waals surface area contributed by atoms with Gasteiger partial charge in [0.1, 0.15) is 0 Å². The highest BCUT2D eigenvalue weighted by Crippen LogP contribution is 2.33. The molecule has 0 saturated heterocycles. The van der Waals surface area contributed by atoms with Crippen LogP contribution in [0.1, 0.15) is 29.0 Å². The molecule has 2 aromatic rings. The highest BCUT2D eigenvalue weighted by Gasteiger charge is 2.16. The minimum atomic E-state index is 0.313. The summed E-state index contributed by atoms with van der Waals surface area (Å²) >= 11 is 1.98. The Morgan fingerprint density at radius 2 is 2.22 bits per heavy atom. The van der Waals surface area contributed by atoms with Crippen molar-refractivity contribution < 1.29 is 0 Å². The van der Waals surface area contributed by atoms with Gasteiger partial charge in [0.15, 0.2) is 0 Å². The largest absolute Gasteiger partial charge is 0.367 e. The van der Waals surface area contributed by atoms with Gasteiger partial charge in [0, 0.05) is 29.8 Å². The smallest absolute Gasteiger partial charge is 0.0227 e. The standard InChI is InChI=1S/C15H18N2S/c16-9-14(13-5-6-17-10-13)11-3-4-15-12(8-11)2-1-7-18-15/h3-6,8,10,14,17H,1-2,7,9,16H2. The monoisotopic (exact) mass is 258 g/mol. The van der Waals surface area contributed by atoms with Crippen molar-refractivity contribution in [3.63, 3.8) is 0 Å². The third kappa shape index (κ3) is 2.20. The lowest BCUT2D eigenvalue weighted by atomic mass is 9.91. The molecule has 0 bridgehead atoms. The van der Waals surface area contributed by atoms with E-state index < -0.39 is 0 Å². The first-order valence-electron chi connectivity index (χ1n) is 6.47. The second-order valence-corrected chi connectivity index (χ2v) is 5.89. The Morgan fingerprint density at radius 3 is 3.00 bits per heavy atom. The highest BCUT2D eigenvalue weighted by molar-refractivity contribution is 7.99. The van der Waals surface area contributed by atoms with Crippen molar-refractivity contribution >= 4 is 11.8 Å². The Hall–Kier alpha value is -1.19. The van der Waals surface area contributed by atoms with Crippen LogP contribution in [-0.4, -0.2) is 17.3 Å². The molecule has 3 heteroatoms. The second-order valence-electron chi connectivity index (χ2n) is 4.75. The molecule has 1 aromatic heterocycles. The number of aryl methyl sites for hydroxylation is 1. The van der Waals surface area contributed by atoms with Crippen LogP contribution in [-0.2, 0) is 6.42 Å². The lowest BCUT2D eigenvalue weighted by molar-refractivity contribution is 0.808. The van der Waals surface area contributed by atoms with Crippen LogP contribution >= 0.6 is 11.8 Å². The predicted molar refractivity (Wildman–Crippen MR) is 77.2 cm³/mol. The van der Waals surface area contributed by atoms with Crippen molar-refractivity contribution in [1.82, 2.24) is 4.98 Å². The van der Waals surface area contributed by atoms with E-state index in [0.717, 1.165) is 0 Å². The zero-order valence-corrected chi connectivity index (χ0v) is 11.2. The molecule has 0 amide bonds. The van der Waals surface area contributed by atoms with Crippen molar-refractivity contribution in [3.05, 3.63) is 53.3 Å².